The Labute approximate surface area is 245 Å². The fourth-order valence-corrected chi connectivity index (χ4v) is 5.29. The molecule has 8 heteroatoms. The van der Waals surface area contributed by atoms with Crippen LogP contribution in [0, 0.1) is 0 Å². The highest BCUT2D eigenvalue weighted by Crippen LogP contribution is 2.14. The van der Waals surface area contributed by atoms with Gasteiger partial charge in [0, 0.05) is 6.61 Å². The van der Waals surface area contributed by atoms with Crippen LogP contribution in [0.5, 0.6) is 0 Å². The van der Waals surface area contributed by atoms with Crippen LogP contribution in [0.2, 0.25) is 0 Å². The molecule has 0 aliphatic carbocycles. The first-order valence-electron chi connectivity index (χ1n) is 15.9. The highest BCUT2D eigenvalue weighted by molar-refractivity contribution is 7.86. The zero-order valence-electron chi connectivity index (χ0n) is 25.3. The molecule has 0 heterocycles. The first kappa shape index (κ1) is 37.0. The van der Waals surface area contributed by atoms with Crippen LogP contribution in [0.15, 0.2) is 35.2 Å². The minimum Gasteiger partial charge on any atom is -0.379 e. The van der Waals surface area contributed by atoms with E-state index in [4.69, 9.17) is 23.1 Å². The molecule has 0 N–H and O–H groups in total. The number of hydrogen-bond acceptors (Lipinski definition) is 7. The summed E-state index contributed by atoms with van der Waals surface area (Å²) < 4.78 is 50.8. The van der Waals surface area contributed by atoms with Crippen molar-refractivity contribution in [3.63, 3.8) is 0 Å². The lowest BCUT2D eigenvalue weighted by molar-refractivity contribution is -0.00468. The Hall–Kier alpha value is -1.03. The third-order valence-corrected chi connectivity index (χ3v) is 8.08. The van der Waals surface area contributed by atoms with E-state index in [9.17, 15) is 8.42 Å². The summed E-state index contributed by atoms with van der Waals surface area (Å²) in [6.45, 7) is 6.24. The van der Waals surface area contributed by atoms with Crippen molar-refractivity contribution < 1.29 is 31.5 Å². The molecule has 0 spiro atoms. The lowest BCUT2D eigenvalue weighted by Crippen LogP contribution is -2.15. The first-order valence-corrected chi connectivity index (χ1v) is 17.3. The van der Waals surface area contributed by atoms with Crippen molar-refractivity contribution in [1.82, 2.24) is 0 Å². The second kappa shape index (κ2) is 28.1. The molecule has 234 valence electrons. The number of ether oxygens (including phenoxy) is 4. The summed E-state index contributed by atoms with van der Waals surface area (Å²) in [5, 5.41) is 0. The Morgan fingerprint density at radius 1 is 0.450 bits per heavy atom. The van der Waals surface area contributed by atoms with E-state index in [1.54, 1.807) is 18.2 Å². The predicted octanol–water partition coefficient (Wildman–Crippen LogP) is 7.72. The van der Waals surface area contributed by atoms with Crippen LogP contribution >= 0.6 is 0 Å². The summed E-state index contributed by atoms with van der Waals surface area (Å²) in [7, 11) is -3.73. The zero-order chi connectivity index (χ0) is 28.8. The highest BCUT2D eigenvalue weighted by atomic mass is 32.2. The Morgan fingerprint density at radius 3 is 1.23 bits per heavy atom. The zero-order valence-corrected chi connectivity index (χ0v) is 26.1. The molecule has 0 unspecified atom stereocenters. The van der Waals surface area contributed by atoms with Gasteiger partial charge in [-0.3, -0.25) is 4.18 Å². The van der Waals surface area contributed by atoms with Crippen molar-refractivity contribution in [2.75, 3.05) is 59.5 Å². The van der Waals surface area contributed by atoms with Crippen LogP contribution in [-0.2, 0) is 33.2 Å². The maximum absolute atomic E-state index is 12.0. The molecule has 0 aromatic heterocycles. The van der Waals surface area contributed by atoms with Gasteiger partial charge >= 0.3 is 0 Å². The molecule has 1 aromatic carbocycles. The highest BCUT2D eigenvalue weighted by Gasteiger charge is 2.13. The summed E-state index contributed by atoms with van der Waals surface area (Å²) in [6.07, 6.45) is 22.1. The fourth-order valence-electron chi connectivity index (χ4n) is 4.37. The Morgan fingerprint density at radius 2 is 0.800 bits per heavy atom. The van der Waals surface area contributed by atoms with E-state index in [-0.39, 0.29) is 18.1 Å². The Bertz CT molecular complexity index is 743. The lowest BCUT2D eigenvalue weighted by atomic mass is 10.0. The summed E-state index contributed by atoms with van der Waals surface area (Å²) in [5.41, 5.74) is 0. The van der Waals surface area contributed by atoms with Crippen LogP contribution in [0.25, 0.3) is 0 Å². The monoisotopic (exact) mass is 586 g/mol. The molecule has 0 atom stereocenters. The van der Waals surface area contributed by atoms with Crippen molar-refractivity contribution in [3.8, 4) is 0 Å². The van der Waals surface area contributed by atoms with Gasteiger partial charge in [0.25, 0.3) is 10.1 Å². The summed E-state index contributed by atoms with van der Waals surface area (Å²) >= 11 is 0. The molecule has 0 saturated carbocycles. The number of benzene rings is 1. The number of hydrogen-bond donors (Lipinski definition) is 0. The van der Waals surface area contributed by atoms with Crippen LogP contribution in [0.1, 0.15) is 110 Å². The maximum Gasteiger partial charge on any atom is 0.297 e. The van der Waals surface area contributed by atoms with Gasteiger partial charge in [-0.25, -0.2) is 0 Å². The topological polar surface area (TPSA) is 80.3 Å². The maximum atomic E-state index is 12.0. The van der Waals surface area contributed by atoms with Crippen LogP contribution in [0.3, 0.4) is 0 Å². The van der Waals surface area contributed by atoms with Gasteiger partial charge in [-0.05, 0) is 18.6 Å². The lowest BCUT2D eigenvalue weighted by Gasteiger charge is -2.08. The van der Waals surface area contributed by atoms with Gasteiger partial charge in [-0.15, -0.1) is 0 Å². The standard InChI is InChI=1S/C32H58O7S/c1-2-3-4-5-6-7-8-9-10-11-12-13-14-15-16-20-23-35-24-25-36-26-27-37-28-29-38-30-31-39-40(33,34)32-21-18-17-19-22-32/h17-19,21-22H,2-16,20,23-31H2,1H3. The second-order valence-electron chi connectivity index (χ2n) is 10.3. The number of unbranched alkanes of at least 4 members (excludes halogenated alkanes) is 15. The van der Waals surface area contributed by atoms with E-state index in [1.807, 2.05) is 0 Å². The molecule has 0 aliphatic heterocycles. The molecule has 0 aliphatic rings. The van der Waals surface area contributed by atoms with Gasteiger partial charge in [0.05, 0.1) is 57.8 Å². The van der Waals surface area contributed by atoms with Crippen molar-refractivity contribution in [2.45, 2.75) is 115 Å². The average molecular weight is 587 g/mol. The molecular weight excluding hydrogens is 528 g/mol. The van der Waals surface area contributed by atoms with E-state index in [1.165, 1.54) is 108 Å². The van der Waals surface area contributed by atoms with Gasteiger partial charge in [0.1, 0.15) is 0 Å². The van der Waals surface area contributed by atoms with E-state index in [2.05, 4.69) is 6.92 Å². The van der Waals surface area contributed by atoms with Crippen molar-refractivity contribution in [1.29, 1.82) is 0 Å². The quantitative estimate of drug-likeness (QED) is 0.0651. The molecule has 0 radical (unpaired) electrons. The van der Waals surface area contributed by atoms with Crippen LogP contribution in [0.4, 0.5) is 0 Å². The third kappa shape index (κ3) is 23.7. The molecular formula is C32H58O7S. The first-order chi connectivity index (χ1) is 19.7. The van der Waals surface area contributed by atoms with Gasteiger partial charge in [-0.1, -0.05) is 121 Å². The molecule has 40 heavy (non-hydrogen) atoms. The van der Waals surface area contributed by atoms with E-state index >= 15 is 0 Å². The van der Waals surface area contributed by atoms with Crippen LogP contribution < -0.4 is 0 Å². The van der Waals surface area contributed by atoms with E-state index in [0.717, 1.165) is 13.0 Å². The van der Waals surface area contributed by atoms with Gasteiger partial charge in [0.2, 0.25) is 0 Å². The smallest absolute Gasteiger partial charge is 0.297 e. The fraction of sp³-hybridized carbons (Fsp3) is 0.812. The van der Waals surface area contributed by atoms with E-state index < -0.39 is 10.1 Å². The van der Waals surface area contributed by atoms with Crippen molar-refractivity contribution >= 4 is 10.1 Å². The van der Waals surface area contributed by atoms with Gasteiger partial charge in [-0.2, -0.15) is 8.42 Å². The summed E-state index contributed by atoms with van der Waals surface area (Å²) in [4.78, 5) is 0.143. The molecule has 1 rings (SSSR count). The Balaban J connectivity index is 1.69. The Kier molecular flexibility index (Phi) is 26.0. The average Bonchev–Trinajstić information content (AvgIpc) is 2.97. The SMILES string of the molecule is CCCCCCCCCCCCCCCCCCOCCOCCOCCOCCOS(=O)(=O)c1ccccc1. The van der Waals surface area contributed by atoms with E-state index in [0.29, 0.717) is 39.6 Å². The molecule has 0 bridgehead atoms. The van der Waals surface area contributed by atoms with Crippen molar-refractivity contribution in [3.05, 3.63) is 30.3 Å². The van der Waals surface area contributed by atoms with Gasteiger partial charge in [0.15, 0.2) is 0 Å². The largest absolute Gasteiger partial charge is 0.379 e. The molecule has 7 nitrogen and oxygen atoms in total. The minimum atomic E-state index is -3.73. The van der Waals surface area contributed by atoms with Gasteiger partial charge < -0.3 is 18.9 Å². The normalized spacial score (nSPS) is 11.8. The summed E-state index contributed by atoms with van der Waals surface area (Å²) in [5.74, 6) is 0. The molecule has 1 aromatic rings. The molecule has 0 saturated heterocycles. The number of rotatable bonds is 31. The van der Waals surface area contributed by atoms with Crippen molar-refractivity contribution in [2.24, 2.45) is 0 Å². The minimum absolute atomic E-state index is 0.0280. The molecule has 0 amide bonds. The van der Waals surface area contributed by atoms with Crippen LogP contribution in [-0.4, -0.2) is 67.9 Å². The summed E-state index contributed by atoms with van der Waals surface area (Å²) in [6, 6.07) is 8.07. The third-order valence-electron chi connectivity index (χ3n) is 6.76. The second-order valence-corrected chi connectivity index (χ2v) is 12.0. The predicted molar refractivity (Wildman–Crippen MR) is 162 cm³/mol. The molecule has 0 fully saturated rings.